The fraction of sp³-hybridized carbons (Fsp3) is 0.500. The lowest BCUT2D eigenvalue weighted by Crippen LogP contribution is -2.44. The number of nitrogens with one attached hydrogen (secondary N) is 1. The van der Waals surface area contributed by atoms with E-state index in [2.05, 4.69) is 43.4 Å². The quantitative estimate of drug-likeness (QED) is 0.409. The van der Waals surface area contributed by atoms with E-state index in [1.165, 1.54) is 26.2 Å². The fourth-order valence-corrected chi connectivity index (χ4v) is 5.96. The number of allylic oxidation sites excluding steroid dienone is 1. The number of rotatable bonds is 8. The maximum absolute atomic E-state index is 13.4. The summed E-state index contributed by atoms with van der Waals surface area (Å²) in [5, 5.41) is 3.95. The SMILES string of the molecule is CC(=O)c1c(C)c2cnc(Nc3ccc(N4CCN(/C=C/CC5CC5)CC4)cn3)nc2n(C2CCCC2)c1=O. The van der Waals surface area contributed by atoms with Crippen LogP contribution < -0.4 is 15.8 Å². The van der Waals surface area contributed by atoms with Crippen molar-refractivity contribution >= 4 is 34.3 Å². The van der Waals surface area contributed by atoms with Gasteiger partial charge >= 0.3 is 0 Å². The molecule has 1 N–H and O–H groups in total. The molecular weight excluding hydrogens is 490 g/mol. The van der Waals surface area contributed by atoms with Crippen molar-refractivity contribution in [3.8, 4) is 0 Å². The third-order valence-electron chi connectivity index (χ3n) is 8.40. The van der Waals surface area contributed by atoms with E-state index in [-0.39, 0.29) is 22.9 Å². The van der Waals surface area contributed by atoms with E-state index >= 15 is 0 Å². The zero-order chi connectivity index (χ0) is 26.9. The molecule has 204 valence electrons. The summed E-state index contributed by atoms with van der Waals surface area (Å²) in [5.41, 5.74) is 2.32. The standard InChI is InChI=1S/C30H37N7O2/c1-20-25-19-32-30(34-28(25)37(23-7-3-4-8-23)29(39)27(20)21(2)38)33-26-12-11-24(18-31-26)36-16-14-35(15-17-36)13-5-6-22-9-10-22/h5,11-13,18-19,22-23H,3-4,6-10,14-17H2,1-2H3,(H,31,32,33,34)/b13-5+. The first-order valence-corrected chi connectivity index (χ1v) is 14.3. The maximum atomic E-state index is 13.4. The molecule has 0 unspecified atom stereocenters. The van der Waals surface area contributed by atoms with Gasteiger partial charge in [-0.2, -0.15) is 4.98 Å². The summed E-state index contributed by atoms with van der Waals surface area (Å²) >= 11 is 0. The Balaban J connectivity index is 1.18. The van der Waals surface area contributed by atoms with E-state index in [4.69, 9.17) is 4.98 Å². The Kier molecular flexibility index (Phi) is 7.06. The van der Waals surface area contributed by atoms with Crippen LogP contribution in [0.3, 0.4) is 0 Å². The molecule has 1 aliphatic heterocycles. The van der Waals surface area contributed by atoms with E-state index in [9.17, 15) is 9.59 Å². The van der Waals surface area contributed by atoms with Crippen LogP contribution in [-0.4, -0.2) is 56.4 Å². The van der Waals surface area contributed by atoms with E-state index in [1.807, 2.05) is 12.3 Å². The van der Waals surface area contributed by atoms with E-state index in [1.54, 1.807) is 17.7 Å². The molecule has 0 spiro atoms. The molecule has 1 saturated heterocycles. The Labute approximate surface area is 229 Å². The molecule has 0 radical (unpaired) electrons. The fourth-order valence-electron chi connectivity index (χ4n) is 5.96. The number of hydrogen-bond donors (Lipinski definition) is 1. The molecule has 3 aromatic heterocycles. The second kappa shape index (κ2) is 10.8. The maximum Gasteiger partial charge on any atom is 0.263 e. The van der Waals surface area contributed by atoms with Crippen LogP contribution in [0.1, 0.15) is 73.8 Å². The lowest BCUT2D eigenvalue weighted by Gasteiger charge is -2.35. The van der Waals surface area contributed by atoms with Crippen molar-refractivity contribution in [2.24, 2.45) is 5.92 Å². The zero-order valence-electron chi connectivity index (χ0n) is 22.9. The number of fused-ring (bicyclic) bond motifs is 1. The molecule has 2 saturated carbocycles. The van der Waals surface area contributed by atoms with Gasteiger partial charge in [0.25, 0.3) is 5.56 Å². The van der Waals surface area contributed by atoms with Crippen LogP contribution in [0, 0.1) is 12.8 Å². The molecule has 3 fully saturated rings. The van der Waals surface area contributed by atoms with Gasteiger partial charge in [0, 0.05) is 43.8 Å². The molecule has 39 heavy (non-hydrogen) atoms. The Morgan fingerprint density at radius 1 is 1.05 bits per heavy atom. The minimum absolute atomic E-state index is 0.0491. The van der Waals surface area contributed by atoms with Gasteiger partial charge < -0.3 is 15.1 Å². The number of nitrogens with zero attached hydrogens (tertiary/aromatic N) is 6. The number of pyridine rings is 2. The average molecular weight is 528 g/mol. The number of ketones is 1. The minimum atomic E-state index is -0.245. The van der Waals surface area contributed by atoms with Crippen molar-refractivity contribution < 1.29 is 4.79 Å². The highest BCUT2D eigenvalue weighted by Gasteiger charge is 2.26. The van der Waals surface area contributed by atoms with Crippen molar-refractivity contribution in [2.75, 3.05) is 36.4 Å². The average Bonchev–Trinajstić information content (AvgIpc) is 3.60. The van der Waals surface area contributed by atoms with E-state index in [0.29, 0.717) is 23.0 Å². The lowest BCUT2D eigenvalue weighted by atomic mass is 10.0. The van der Waals surface area contributed by atoms with Crippen molar-refractivity contribution in [1.29, 1.82) is 0 Å². The lowest BCUT2D eigenvalue weighted by molar-refractivity contribution is 0.101. The number of hydrogen-bond acceptors (Lipinski definition) is 8. The topological polar surface area (TPSA) is 96.2 Å². The molecule has 9 nitrogen and oxygen atoms in total. The van der Waals surface area contributed by atoms with E-state index in [0.717, 1.165) is 68.9 Å². The molecule has 3 aromatic rings. The zero-order valence-corrected chi connectivity index (χ0v) is 22.9. The number of carbonyl (C=O) groups is 1. The summed E-state index contributed by atoms with van der Waals surface area (Å²) in [6, 6.07) is 4.07. The third kappa shape index (κ3) is 5.40. The molecular formula is C30H37N7O2. The number of anilines is 3. The van der Waals surface area contributed by atoms with Crippen LogP contribution in [0.4, 0.5) is 17.5 Å². The first kappa shape index (κ1) is 25.5. The molecule has 0 amide bonds. The first-order chi connectivity index (χ1) is 19.0. The van der Waals surface area contributed by atoms with Gasteiger partial charge in [0.1, 0.15) is 11.5 Å². The van der Waals surface area contributed by atoms with Crippen molar-refractivity contribution in [3.63, 3.8) is 0 Å². The summed E-state index contributed by atoms with van der Waals surface area (Å²) in [4.78, 5) is 44.4. The second-order valence-corrected chi connectivity index (χ2v) is 11.2. The van der Waals surface area contributed by atoms with Crippen molar-refractivity contribution in [3.05, 3.63) is 58.3 Å². The predicted octanol–water partition coefficient (Wildman–Crippen LogP) is 4.99. The normalized spacial score (nSPS) is 18.4. The number of aryl methyl sites for hydroxylation is 1. The Hall–Kier alpha value is -3.75. The van der Waals surface area contributed by atoms with Crippen LogP contribution in [-0.2, 0) is 0 Å². The van der Waals surface area contributed by atoms with Crippen molar-refractivity contribution in [2.45, 2.75) is 64.8 Å². The van der Waals surface area contributed by atoms with Crippen LogP contribution in [0.15, 0.2) is 41.6 Å². The molecule has 9 heteroatoms. The van der Waals surface area contributed by atoms with Gasteiger partial charge in [0.05, 0.1) is 17.4 Å². The molecule has 2 aliphatic carbocycles. The van der Waals surface area contributed by atoms with Gasteiger partial charge in [-0.05, 0) is 75.8 Å². The van der Waals surface area contributed by atoms with Gasteiger partial charge in [0.15, 0.2) is 5.78 Å². The molecule has 0 aromatic carbocycles. The molecule has 0 atom stereocenters. The summed E-state index contributed by atoms with van der Waals surface area (Å²) in [7, 11) is 0. The molecule has 0 bridgehead atoms. The minimum Gasteiger partial charge on any atom is -0.374 e. The van der Waals surface area contributed by atoms with E-state index < -0.39 is 0 Å². The van der Waals surface area contributed by atoms with Crippen molar-refractivity contribution in [1.82, 2.24) is 24.4 Å². The first-order valence-electron chi connectivity index (χ1n) is 14.3. The van der Waals surface area contributed by atoms with Crippen LogP contribution >= 0.6 is 0 Å². The molecule has 4 heterocycles. The Morgan fingerprint density at radius 3 is 2.49 bits per heavy atom. The summed E-state index contributed by atoms with van der Waals surface area (Å²) < 4.78 is 1.73. The highest BCUT2D eigenvalue weighted by atomic mass is 16.1. The Bertz CT molecular complexity index is 1440. The highest BCUT2D eigenvalue weighted by molar-refractivity contribution is 5.99. The van der Waals surface area contributed by atoms with Crippen LogP contribution in [0.2, 0.25) is 0 Å². The number of piperazine rings is 1. The second-order valence-electron chi connectivity index (χ2n) is 11.2. The monoisotopic (exact) mass is 527 g/mol. The summed E-state index contributed by atoms with van der Waals surface area (Å²) in [6.45, 7) is 7.22. The number of carbonyl (C=O) groups excluding carboxylic acids is 1. The third-order valence-corrected chi connectivity index (χ3v) is 8.40. The number of aromatic nitrogens is 4. The van der Waals surface area contributed by atoms with Crippen LogP contribution in [0.25, 0.3) is 11.0 Å². The summed E-state index contributed by atoms with van der Waals surface area (Å²) in [6.07, 6.45) is 16.2. The van der Waals surface area contributed by atoms with Gasteiger partial charge in [0.2, 0.25) is 5.95 Å². The van der Waals surface area contributed by atoms with Gasteiger partial charge in [-0.3, -0.25) is 14.2 Å². The van der Waals surface area contributed by atoms with Gasteiger partial charge in [-0.25, -0.2) is 9.97 Å². The highest BCUT2D eigenvalue weighted by Crippen LogP contribution is 2.33. The van der Waals surface area contributed by atoms with Crippen LogP contribution in [0.5, 0.6) is 0 Å². The van der Waals surface area contributed by atoms with Gasteiger partial charge in [-0.1, -0.05) is 18.9 Å². The predicted molar refractivity (Wildman–Crippen MR) is 154 cm³/mol. The van der Waals surface area contributed by atoms with Gasteiger partial charge in [-0.15, -0.1) is 0 Å². The Morgan fingerprint density at radius 2 is 1.82 bits per heavy atom. The largest absolute Gasteiger partial charge is 0.374 e. The number of Topliss-reactive ketones (excluding diaryl/α,β-unsaturated/α-hetero) is 1. The smallest absolute Gasteiger partial charge is 0.263 e. The molecule has 6 rings (SSSR count). The summed E-state index contributed by atoms with van der Waals surface area (Å²) in [5.74, 6) is 1.74. The molecule has 3 aliphatic rings.